The van der Waals surface area contributed by atoms with Crippen molar-refractivity contribution in [3.8, 4) is 10.4 Å². The molecule has 1 nitrogen and oxygen atoms in total. The largest absolute Gasteiger partial charge is 0.306 e. The Labute approximate surface area is 93.8 Å². The van der Waals surface area contributed by atoms with Crippen LogP contribution in [0, 0.1) is 6.92 Å². The van der Waals surface area contributed by atoms with Crippen LogP contribution >= 0.6 is 11.3 Å². The summed E-state index contributed by atoms with van der Waals surface area (Å²) in [6.07, 6.45) is 0. The molecule has 0 bridgehead atoms. The first kappa shape index (κ1) is 9.13. The standard InChI is InChI=1S/C13H13NS/c1-9-2-4-10(5-3-9)12-6-7-13(15-12)11-8-14-11/h2-7,11,14H,8H2,1H3/t11-/m0/s1. The van der Waals surface area contributed by atoms with Gasteiger partial charge < -0.3 is 5.32 Å². The number of hydrogen-bond donors (Lipinski definition) is 1. The van der Waals surface area contributed by atoms with E-state index in [1.54, 1.807) is 0 Å². The van der Waals surface area contributed by atoms with E-state index in [1.807, 2.05) is 11.3 Å². The molecule has 76 valence electrons. The van der Waals surface area contributed by atoms with Crippen LogP contribution in [0.5, 0.6) is 0 Å². The highest BCUT2D eigenvalue weighted by molar-refractivity contribution is 7.15. The minimum Gasteiger partial charge on any atom is -0.306 e. The fourth-order valence-electron chi connectivity index (χ4n) is 1.67. The molecule has 0 unspecified atom stereocenters. The Morgan fingerprint density at radius 2 is 1.87 bits per heavy atom. The summed E-state index contributed by atoms with van der Waals surface area (Å²) in [6.45, 7) is 3.27. The number of hydrogen-bond acceptors (Lipinski definition) is 2. The molecule has 2 aromatic rings. The second-order valence-corrected chi connectivity index (χ2v) is 5.14. The Hall–Kier alpha value is -1.12. The summed E-state index contributed by atoms with van der Waals surface area (Å²) in [5.41, 5.74) is 2.65. The highest BCUT2D eigenvalue weighted by Gasteiger charge is 2.23. The summed E-state index contributed by atoms with van der Waals surface area (Å²) >= 11 is 1.90. The van der Waals surface area contributed by atoms with Gasteiger partial charge in [0, 0.05) is 16.3 Å². The first-order valence-electron chi connectivity index (χ1n) is 5.23. The zero-order chi connectivity index (χ0) is 10.3. The molecule has 1 saturated heterocycles. The van der Waals surface area contributed by atoms with Crippen molar-refractivity contribution < 1.29 is 0 Å². The SMILES string of the molecule is Cc1ccc(-c2ccc([C@@H]3CN3)s2)cc1. The third-order valence-electron chi connectivity index (χ3n) is 2.71. The maximum absolute atomic E-state index is 3.33. The number of thiophene rings is 1. The lowest BCUT2D eigenvalue weighted by Crippen LogP contribution is -1.74. The van der Waals surface area contributed by atoms with Crippen LogP contribution in [0.2, 0.25) is 0 Å². The van der Waals surface area contributed by atoms with Crippen molar-refractivity contribution in [3.05, 3.63) is 46.8 Å². The summed E-state index contributed by atoms with van der Waals surface area (Å²) in [5, 5.41) is 3.33. The molecular weight excluding hydrogens is 202 g/mol. The Morgan fingerprint density at radius 3 is 2.53 bits per heavy atom. The third-order valence-corrected chi connectivity index (χ3v) is 3.96. The Bertz CT molecular complexity index is 466. The van der Waals surface area contributed by atoms with Gasteiger partial charge in [-0.25, -0.2) is 0 Å². The number of rotatable bonds is 2. The van der Waals surface area contributed by atoms with Crippen molar-refractivity contribution in [1.29, 1.82) is 0 Å². The van der Waals surface area contributed by atoms with E-state index in [-0.39, 0.29) is 0 Å². The second kappa shape index (κ2) is 3.47. The van der Waals surface area contributed by atoms with Crippen LogP contribution in [-0.2, 0) is 0 Å². The van der Waals surface area contributed by atoms with Crippen LogP contribution in [0.1, 0.15) is 16.5 Å². The molecule has 1 aromatic heterocycles. The van der Waals surface area contributed by atoms with E-state index in [0.717, 1.165) is 6.54 Å². The maximum atomic E-state index is 3.33. The van der Waals surface area contributed by atoms with Crippen LogP contribution in [0.4, 0.5) is 0 Å². The van der Waals surface area contributed by atoms with Gasteiger partial charge in [-0.2, -0.15) is 0 Å². The van der Waals surface area contributed by atoms with Gasteiger partial charge in [-0.1, -0.05) is 29.8 Å². The van der Waals surface area contributed by atoms with Gasteiger partial charge in [0.15, 0.2) is 0 Å². The molecule has 1 fully saturated rings. The molecule has 1 atom stereocenters. The highest BCUT2D eigenvalue weighted by Crippen LogP contribution is 2.34. The van der Waals surface area contributed by atoms with E-state index >= 15 is 0 Å². The monoisotopic (exact) mass is 215 g/mol. The summed E-state index contributed by atoms with van der Waals surface area (Å²) in [7, 11) is 0. The minimum atomic E-state index is 0.634. The van der Waals surface area contributed by atoms with Crippen molar-refractivity contribution in [3.63, 3.8) is 0 Å². The van der Waals surface area contributed by atoms with Crippen molar-refractivity contribution >= 4 is 11.3 Å². The topological polar surface area (TPSA) is 21.9 Å². The first-order chi connectivity index (χ1) is 7.33. The Balaban J connectivity index is 1.93. The molecule has 0 aliphatic carbocycles. The van der Waals surface area contributed by atoms with Crippen LogP contribution < -0.4 is 5.32 Å². The number of benzene rings is 1. The van der Waals surface area contributed by atoms with Gasteiger partial charge in [0.25, 0.3) is 0 Å². The van der Waals surface area contributed by atoms with E-state index in [2.05, 4.69) is 48.6 Å². The molecule has 0 radical (unpaired) electrons. The minimum absolute atomic E-state index is 0.634. The molecule has 0 amide bonds. The summed E-state index contributed by atoms with van der Waals surface area (Å²) < 4.78 is 0. The third kappa shape index (κ3) is 1.83. The number of nitrogens with one attached hydrogen (secondary N) is 1. The normalized spacial score (nSPS) is 19.1. The average Bonchev–Trinajstić information content (AvgIpc) is 2.99. The van der Waals surface area contributed by atoms with Gasteiger partial charge in [0.1, 0.15) is 0 Å². The summed E-state index contributed by atoms with van der Waals surface area (Å²) in [5.74, 6) is 0. The predicted molar refractivity (Wildman–Crippen MR) is 65.2 cm³/mol. The summed E-state index contributed by atoms with van der Waals surface area (Å²) in [6, 6.07) is 13.8. The van der Waals surface area contributed by atoms with Crippen LogP contribution in [0.15, 0.2) is 36.4 Å². The van der Waals surface area contributed by atoms with Gasteiger partial charge >= 0.3 is 0 Å². The maximum Gasteiger partial charge on any atom is 0.0542 e. The van der Waals surface area contributed by atoms with Crippen molar-refractivity contribution in [1.82, 2.24) is 5.32 Å². The lowest BCUT2D eigenvalue weighted by Gasteiger charge is -1.97. The van der Waals surface area contributed by atoms with Gasteiger partial charge in [0.05, 0.1) is 6.04 Å². The molecule has 1 N–H and O–H groups in total. The van der Waals surface area contributed by atoms with E-state index < -0.39 is 0 Å². The average molecular weight is 215 g/mol. The Morgan fingerprint density at radius 1 is 1.13 bits per heavy atom. The molecule has 1 aliphatic heterocycles. The van der Waals surface area contributed by atoms with E-state index in [0.29, 0.717) is 6.04 Å². The van der Waals surface area contributed by atoms with E-state index in [4.69, 9.17) is 0 Å². The van der Waals surface area contributed by atoms with Gasteiger partial charge in [-0.15, -0.1) is 11.3 Å². The predicted octanol–water partition coefficient (Wildman–Crippen LogP) is 3.37. The molecule has 1 aromatic carbocycles. The van der Waals surface area contributed by atoms with Crippen molar-refractivity contribution in [2.24, 2.45) is 0 Å². The summed E-state index contributed by atoms with van der Waals surface area (Å²) in [4.78, 5) is 2.84. The molecule has 2 heterocycles. The first-order valence-corrected chi connectivity index (χ1v) is 6.05. The quantitative estimate of drug-likeness (QED) is 0.762. The van der Waals surface area contributed by atoms with Crippen LogP contribution in [-0.4, -0.2) is 6.54 Å². The molecule has 3 rings (SSSR count). The molecule has 15 heavy (non-hydrogen) atoms. The van der Waals surface area contributed by atoms with Gasteiger partial charge in [-0.05, 0) is 24.6 Å². The smallest absolute Gasteiger partial charge is 0.0542 e. The van der Waals surface area contributed by atoms with Crippen LogP contribution in [0.25, 0.3) is 10.4 Å². The molecular formula is C13H13NS. The lowest BCUT2D eigenvalue weighted by atomic mass is 10.1. The van der Waals surface area contributed by atoms with Crippen LogP contribution in [0.3, 0.4) is 0 Å². The van der Waals surface area contributed by atoms with E-state index in [9.17, 15) is 0 Å². The fraction of sp³-hybridized carbons (Fsp3) is 0.231. The molecule has 0 saturated carbocycles. The molecule has 0 spiro atoms. The number of aryl methyl sites for hydroxylation is 1. The molecule has 2 heteroatoms. The van der Waals surface area contributed by atoms with Crippen molar-refractivity contribution in [2.45, 2.75) is 13.0 Å². The second-order valence-electron chi connectivity index (χ2n) is 4.03. The molecule has 1 aliphatic rings. The Kier molecular flexibility index (Phi) is 2.11. The fourth-order valence-corrected chi connectivity index (χ4v) is 2.76. The highest BCUT2D eigenvalue weighted by atomic mass is 32.1. The van der Waals surface area contributed by atoms with Gasteiger partial charge in [-0.3, -0.25) is 0 Å². The zero-order valence-corrected chi connectivity index (χ0v) is 9.47. The van der Waals surface area contributed by atoms with Crippen molar-refractivity contribution in [2.75, 3.05) is 6.54 Å². The van der Waals surface area contributed by atoms with Gasteiger partial charge in [0.2, 0.25) is 0 Å². The van der Waals surface area contributed by atoms with E-state index in [1.165, 1.54) is 20.9 Å². The lowest BCUT2D eigenvalue weighted by molar-refractivity contribution is 1.12. The zero-order valence-electron chi connectivity index (χ0n) is 8.66.